The van der Waals surface area contributed by atoms with Gasteiger partial charge in [0.2, 0.25) is 5.95 Å². The molecule has 0 aromatic carbocycles. The number of aromatic nitrogens is 6. The molecule has 3 aromatic rings. The van der Waals surface area contributed by atoms with Gasteiger partial charge < -0.3 is 10.6 Å². The van der Waals surface area contributed by atoms with E-state index in [0.717, 1.165) is 24.8 Å². The molecule has 23 heavy (non-hydrogen) atoms. The molecule has 1 saturated carbocycles. The fourth-order valence-electron chi connectivity index (χ4n) is 2.72. The van der Waals surface area contributed by atoms with Crippen molar-refractivity contribution >= 4 is 22.6 Å². The van der Waals surface area contributed by atoms with Gasteiger partial charge in [0.15, 0.2) is 11.3 Å². The van der Waals surface area contributed by atoms with Crippen LogP contribution in [0.15, 0.2) is 11.0 Å². The lowest BCUT2D eigenvalue weighted by Crippen LogP contribution is -2.24. The zero-order valence-electron chi connectivity index (χ0n) is 13.3. The Kier molecular flexibility index (Phi) is 3.12. The molecule has 3 aromatic heterocycles. The van der Waals surface area contributed by atoms with Crippen molar-refractivity contribution in [3.63, 3.8) is 0 Å². The molecular formula is C14H20N8O. The predicted octanol–water partition coefficient (Wildman–Crippen LogP) is -0.205. The van der Waals surface area contributed by atoms with Gasteiger partial charge in [-0.25, -0.2) is 18.6 Å². The maximum atomic E-state index is 12.5. The Hall–Kier alpha value is -2.42. The Morgan fingerprint density at radius 2 is 2.09 bits per heavy atom. The molecule has 0 saturated heterocycles. The van der Waals surface area contributed by atoms with Gasteiger partial charge in [-0.05, 0) is 32.9 Å². The zero-order chi connectivity index (χ0) is 16.1. The molecular weight excluding hydrogens is 296 g/mol. The molecule has 2 N–H and O–H groups in total. The Labute approximate surface area is 132 Å². The van der Waals surface area contributed by atoms with Crippen LogP contribution in [0.3, 0.4) is 0 Å². The van der Waals surface area contributed by atoms with Gasteiger partial charge >= 0.3 is 5.69 Å². The van der Waals surface area contributed by atoms with Crippen molar-refractivity contribution in [2.24, 2.45) is 5.92 Å². The first-order chi connectivity index (χ1) is 11.0. The average Bonchev–Trinajstić information content (AvgIpc) is 3.13. The molecule has 1 fully saturated rings. The quantitative estimate of drug-likeness (QED) is 0.699. The van der Waals surface area contributed by atoms with E-state index in [1.165, 1.54) is 9.08 Å². The van der Waals surface area contributed by atoms with E-state index < -0.39 is 0 Å². The Morgan fingerprint density at radius 3 is 2.78 bits per heavy atom. The number of fused-ring (bicyclic) bond motifs is 3. The third kappa shape index (κ3) is 2.37. The Bertz CT molecular complexity index is 930. The van der Waals surface area contributed by atoms with E-state index in [0.29, 0.717) is 30.3 Å². The van der Waals surface area contributed by atoms with Crippen LogP contribution in [0.4, 0.5) is 5.95 Å². The molecule has 0 amide bonds. The van der Waals surface area contributed by atoms with Crippen LogP contribution in [0.25, 0.3) is 16.7 Å². The summed E-state index contributed by atoms with van der Waals surface area (Å²) in [5.74, 6) is 0.719. The lowest BCUT2D eigenvalue weighted by molar-refractivity contribution is 0.376. The van der Waals surface area contributed by atoms with Crippen molar-refractivity contribution in [3.8, 4) is 0 Å². The fourth-order valence-corrected chi connectivity index (χ4v) is 2.72. The van der Waals surface area contributed by atoms with Crippen molar-refractivity contribution in [1.82, 2.24) is 33.8 Å². The van der Waals surface area contributed by atoms with Gasteiger partial charge in [-0.1, -0.05) is 0 Å². The van der Waals surface area contributed by atoms with E-state index in [2.05, 4.69) is 20.1 Å². The van der Waals surface area contributed by atoms with Gasteiger partial charge in [0.1, 0.15) is 0 Å². The van der Waals surface area contributed by atoms with E-state index in [1.54, 1.807) is 10.9 Å². The van der Waals surface area contributed by atoms with E-state index in [1.807, 2.05) is 14.1 Å². The molecule has 1 aliphatic carbocycles. The molecule has 9 heteroatoms. The second kappa shape index (κ2) is 5.05. The van der Waals surface area contributed by atoms with Gasteiger partial charge in [0.25, 0.3) is 0 Å². The summed E-state index contributed by atoms with van der Waals surface area (Å²) in [5.41, 5.74) is 6.99. The summed E-state index contributed by atoms with van der Waals surface area (Å²) >= 11 is 0. The molecule has 0 spiro atoms. The lowest BCUT2D eigenvalue weighted by Gasteiger charge is -2.09. The first-order valence-corrected chi connectivity index (χ1v) is 7.80. The molecule has 0 radical (unpaired) electrons. The Balaban J connectivity index is 1.85. The first kappa shape index (κ1) is 14.2. The van der Waals surface area contributed by atoms with Crippen LogP contribution in [0.5, 0.6) is 0 Å². The van der Waals surface area contributed by atoms with Crippen LogP contribution in [0, 0.1) is 5.92 Å². The van der Waals surface area contributed by atoms with Crippen LogP contribution in [-0.2, 0) is 13.1 Å². The van der Waals surface area contributed by atoms with Crippen LogP contribution < -0.4 is 11.4 Å². The summed E-state index contributed by atoms with van der Waals surface area (Å²) in [6.45, 7) is 2.19. The largest absolute Gasteiger partial charge is 0.369 e. The normalized spacial score (nSPS) is 15.3. The zero-order valence-corrected chi connectivity index (χ0v) is 13.3. The lowest BCUT2D eigenvalue weighted by atomic mass is 10.4. The number of nitrogens with zero attached hydrogens (tertiary/aromatic N) is 7. The number of nitrogens with two attached hydrogens (primary N) is 1. The smallest absolute Gasteiger partial charge is 0.353 e. The van der Waals surface area contributed by atoms with Gasteiger partial charge in [0.05, 0.1) is 18.1 Å². The summed E-state index contributed by atoms with van der Waals surface area (Å²) in [4.78, 5) is 18.9. The second-order valence-corrected chi connectivity index (χ2v) is 6.45. The minimum absolute atomic E-state index is 0.158. The van der Waals surface area contributed by atoms with Gasteiger partial charge in [-0.15, -0.1) is 5.10 Å². The number of likely N-dealkylation sites (N-methyl/N-ethyl adjacent to an activating group) is 1. The maximum absolute atomic E-state index is 12.5. The first-order valence-electron chi connectivity index (χ1n) is 7.80. The van der Waals surface area contributed by atoms with Gasteiger partial charge in [-0.3, -0.25) is 0 Å². The number of hydrogen-bond acceptors (Lipinski definition) is 6. The molecule has 0 unspecified atom stereocenters. The van der Waals surface area contributed by atoms with Crippen LogP contribution in [0.1, 0.15) is 12.8 Å². The third-order valence-electron chi connectivity index (χ3n) is 4.23. The molecule has 0 aliphatic heterocycles. The second-order valence-electron chi connectivity index (χ2n) is 6.45. The summed E-state index contributed by atoms with van der Waals surface area (Å²) in [6.07, 6.45) is 4.03. The summed E-state index contributed by atoms with van der Waals surface area (Å²) in [5, 5.41) is 9.61. The molecule has 0 bridgehead atoms. The fraction of sp³-hybridized carbons (Fsp3) is 0.571. The molecule has 3 heterocycles. The summed E-state index contributed by atoms with van der Waals surface area (Å²) in [7, 11) is 4.01. The third-order valence-corrected chi connectivity index (χ3v) is 4.23. The van der Waals surface area contributed by atoms with Gasteiger partial charge in [0, 0.05) is 13.1 Å². The highest BCUT2D eigenvalue weighted by Gasteiger charge is 2.25. The van der Waals surface area contributed by atoms with Crippen molar-refractivity contribution < 1.29 is 0 Å². The van der Waals surface area contributed by atoms with E-state index in [4.69, 9.17) is 5.73 Å². The van der Waals surface area contributed by atoms with E-state index in [-0.39, 0.29) is 11.6 Å². The number of nitrogen functional groups attached to an aromatic ring is 1. The molecule has 1 aliphatic rings. The average molecular weight is 316 g/mol. The minimum atomic E-state index is -0.222. The standard InChI is InChI=1S/C14H20N8O/c1-19(2)5-6-20-11-10(7-16-20)12-18-21(8-9-3-4-9)14(23)22(12)13(15)17-11/h7,9H,3-6,8H2,1-2H3,(H2,15,17). The molecule has 9 nitrogen and oxygen atoms in total. The molecule has 4 rings (SSSR count). The highest BCUT2D eigenvalue weighted by Crippen LogP contribution is 2.30. The number of rotatable bonds is 5. The maximum Gasteiger partial charge on any atom is 0.353 e. The van der Waals surface area contributed by atoms with E-state index in [9.17, 15) is 4.79 Å². The number of hydrogen-bond donors (Lipinski definition) is 1. The van der Waals surface area contributed by atoms with Crippen molar-refractivity contribution in [1.29, 1.82) is 0 Å². The van der Waals surface area contributed by atoms with Crippen molar-refractivity contribution in [2.45, 2.75) is 25.9 Å². The highest BCUT2D eigenvalue weighted by atomic mass is 16.2. The Morgan fingerprint density at radius 1 is 1.30 bits per heavy atom. The minimum Gasteiger partial charge on any atom is -0.369 e. The van der Waals surface area contributed by atoms with Crippen molar-refractivity contribution in [2.75, 3.05) is 26.4 Å². The van der Waals surface area contributed by atoms with Gasteiger partial charge in [-0.2, -0.15) is 10.1 Å². The highest BCUT2D eigenvalue weighted by molar-refractivity contribution is 5.89. The molecule has 122 valence electrons. The summed E-state index contributed by atoms with van der Waals surface area (Å²) in [6, 6.07) is 0. The van der Waals surface area contributed by atoms with Crippen molar-refractivity contribution in [3.05, 3.63) is 16.7 Å². The topological polar surface area (TPSA) is 99.3 Å². The number of anilines is 1. The SMILES string of the molecule is CN(C)CCn1ncc2c1nc(N)n1c(=O)n(CC3CC3)nc21. The predicted molar refractivity (Wildman–Crippen MR) is 86.2 cm³/mol. The van der Waals surface area contributed by atoms with Crippen LogP contribution in [0.2, 0.25) is 0 Å². The van der Waals surface area contributed by atoms with E-state index >= 15 is 0 Å². The monoisotopic (exact) mass is 316 g/mol. The van der Waals surface area contributed by atoms with Crippen LogP contribution >= 0.6 is 0 Å². The van der Waals surface area contributed by atoms with Crippen LogP contribution in [-0.4, -0.2) is 54.5 Å². The molecule has 0 atom stereocenters. The summed E-state index contributed by atoms with van der Waals surface area (Å²) < 4.78 is 4.68.